The highest BCUT2D eigenvalue weighted by molar-refractivity contribution is 8.01. The van der Waals surface area contributed by atoms with Gasteiger partial charge in [-0.1, -0.05) is 49.8 Å². The van der Waals surface area contributed by atoms with E-state index in [1.165, 1.54) is 37.0 Å². The number of hydrogen-bond donors (Lipinski definition) is 1. The molecular weight excluding hydrogens is 292 g/mol. The first-order valence-corrected chi connectivity index (χ1v) is 8.74. The van der Waals surface area contributed by atoms with Crippen LogP contribution in [-0.4, -0.2) is 45.9 Å². The van der Waals surface area contributed by atoms with Crippen molar-refractivity contribution < 1.29 is 4.79 Å². The summed E-state index contributed by atoms with van der Waals surface area (Å²) in [5, 5.41) is 12.0. The van der Waals surface area contributed by atoms with E-state index >= 15 is 0 Å². The maximum absolute atomic E-state index is 12.0. The summed E-state index contributed by atoms with van der Waals surface area (Å²) >= 11 is 3.10. The maximum atomic E-state index is 12.0. The third-order valence-corrected chi connectivity index (χ3v) is 5.26. The molecule has 1 aromatic rings. The number of aromatic nitrogens is 2. The van der Waals surface area contributed by atoms with Crippen LogP contribution in [0.25, 0.3) is 0 Å². The van der Waals surface area contributed by atoms with Crippen molar-refractivity contribution in [1.29, 1.82) is 0 Å². The quantitative estimate of drug-likeness (QED) is 0.646. The summed E-state index contributed by atoms with van der Waals surface area (Å²) in [5.41, 5.74) is 0. The Labute approximate surface area is 128 Å². The number of thioether (sulfide) groups is 1. The summed E-state index contributed by atoms with van der Waals surface area (Å²) in [6.45, 7) is 4.65. The zero-order valence-corrected chi connectivity index (χ0v) is 13.9. The van der Waals surface area contributed by atoms with Crippen LogP contribution in [0, 0.1) is 0 Å². The van der Waals surface area contributed by atoms with E-state index in [0.29, 0.717) is 23.0 Å². The molecule has 1 saturated carbocycles. The molecule has 2 rings (SSSR count). The van der Waals surface area contributed by atoms with Gasteiger partial charge >= 0.3 is 0 Å². The summed E-state index contributed by atoms with van der Waals surface area (Å²) in [6.07, 6.45) is 4.97. The summed E-state index contributed by atoms with van der Waals surface area (Å²) in [5.74, 6) is -0.00310. The van der Waals surface area contributed by atoms with Gasteiger partial charge in [0.25, 0.3) is 0 Å². The standard InChI is InChI=1S/C13H22N4OS2/c1-9(2)19-13-16-15-12(20-13)14-11(18)8-17(3)10-6-4-5-7-10/h9-10H,4-8H2,1-3H3,(H,14,15,18). The number of carbonyl (C=O) groups excluding carboxylic acids is 1. The number of likely N-dealkylation sites (N-methyl/N-ethyl adjacent to an activating group) is 1. The highest BCUT2D eigenvalue weighted by Crippen LogP contribution is 2.28. The fourth-order valence-electron chi connectivity index (χ4n) is 2.37. The number of rotatable bonds is 6. The predicted octanol–water partition coefficient (Wildman–Crippen LogP) is 2.85. The van der Waals surface area contributed by atoms with Crippen molar-refractivity contribution in [2.75, 3.05) is 18.9 Å². The Hall–Kier alpha value is -0.660. The highest BCUT2D eigenvalue weighted by atomic mass is 32.2. The molecule has 1 aliphatic rings. The summed E-state index contributed by atoms with van der Waals surface area (Å²) < 4.78 is 0.902. The lowest BCUT2D eigenvalue weighted by atomic mass is 10.2. The van der Waals surface area contributed by atoms with Crippen molar-refractivity contribution in [2.45, 2.75) is 55.2 Å². The van der Waals surface area contributed by atoms with E-state index in [4.69, 9.17) is 0 Å². The maximum Gasteiger partial charge on any atom is 0.240 e. The third kappa shape index (κ3) is 4.71. The Morgan fingerprint density at radius 3 is 2.80 bits per heavy atom. The van der Waals surface area contributed by atoms with Crippen molar-refractivity contribution in [3.63, 3.8) is 0 Å². The van der Waals surface area contributed by atoms with Crippen LogP contribution in [0.1, 0.15) is 39.5 Å². The molecule has 1 N–H and O–H groups in total. The highest BCUT2D eigenvalue weighted by Gasteiger charge is 2.21. The van der Waals surface area contributed by atoms with E-state index in [1.54, 1.807) is 11.8 Å². The second-order valence-electron chi connectivity index (χ2n) is 5.44. The van der Waals surface area contributed by atoms with Gasteiger partial charge in [0.15, 0.2) is 4.34 Å². The van der Waals surface area contributed by atoms with Crippen molar-refractivity contribution in [1.82, 2.24) is 15.1 Å². The number of amides is 1. The van der Waals surface area contributed by atoms with E-state index in [-0.39, 0.29) is 5.91 Å². The summed E-state index contributed by atoms with van der Waals surface area (Å²) in [4.78, 5) is 14.1. The SMILES string of the molecule is CC(C)Sc1nnc(NC(=O)CN(C)C2CCCC2)s1. The molecule has 1 aliphatic carbocycles. The molecule has 7 heteroatoms. The number of hydrogen-bond acceptors (Lipinski definition) is 6. The lowest BCUT2D eigenvalue weighted by Crippen LogP contribution is -2.36. The van der Waals surface area contributed by atoms with Crippen molar-refractivity contribution >= 4 is 34.1 Å². The molecule has 5 nitrogen and oxygen atoms in total. The second kappa shape index (κ2) is 7.38. The Balaban J connectivity index is 1.80. The first-order chi connectivity index (χ1) is 9.54. The molecule has 1 fully saturated rings. The Bertz CT molecular complexity index is 443. The molecule has 0 spiro atoms. The van der Waals surface area contributed by atoms with Crippen LogP contribution < -0.4 is 5.32 Å². The summed E-state index contributed by atoms with van der Waals surface area (Å²) in [6, 6.07) is 0.558. The molecule has 0 unspecified atom stereocenters. The monoisotopic (exact) mass is 314 g/mol. The smallest absolute Gasteiger partial charge is 0.240 e. The van der Waals surface area contributed by atoms with Gasteiger partial charge < -0.3 is 0 Å². The average molecular weight is 314 g/mol. The Morgan fingerprint density at radius 1 is 1.45 bits per heavy atom. The van der Waals surface area contributed by atoms with Crippen LogP contribution in [0.3, 0.4) is 0 Å². The fraction of sp³-hybridized carbons (Fsp3) is 0.769. The molecule has 1 aromatic heterocycles. The average Bonchev–Trinajstić information content (AvgIpc) is 2.99. The van der Waals surface area contributed by atoms with E-state index in [0.717, 1.165) is 4.34 Å². The van der Waals surface area contributed by atoms with Crippen LogP contribution in [0.2, 0.25) is 0 Å². The minimum atomic E-state index is -0.00310. The summed E-state index contributed by atoms with van der Waals surface area (Å²) in [7, 11) is 2.02. The molecule has 112 valence electrons. The van der Waals surface area contributed by atoms with Crippen molar-refractivity contribution in [2.24, 2.45) is 0 Å². The van der Waals surface area contributed by atoms with Crippen molar-refractivity contribution in [3.8, 4) is 0 Å². The molecule has 0 atom stereocenters. The minimum absolute atomic E-state index is 0.00310. The van der Waals surface area contributed by atoms with E-state index in [2.05, 4.69) is 34.3 Å². The lowest BCUT2D eigenvalue weighted by Gasteiger charge is -2.22. The molecule has 0 bridgehead atoms. The third-order valence-electron chi connectivity index (χ3n) is 3.33. The van der Waals surface area contributed by atoms with Crippen LogP contribution in [0.15, 0.2) is 4.34 Å². The molecular formula is C13H22N4OS2. The molecule has 0 radical (unpaired) electrons. The Morgan fingerprint density at radius 2 is 2.15 bits per heavy atom. The van der Waals surface area contributed by atoms with Gasteiger partial charge in [0.05, 0.1) is 6.54 Å². The topological polar surface area (TPSA) is 58.1 Å². The first-order valence-electron chi connectivity index (χ1n) is 7.05. The van der Waals surface area contributed by atoms with E-state index < -0.39 is 0 Å². The van der Waals surface area contributed by atoms with Crippen LogP contribution >= 0.6 is 23.1 Å². The number of anilines is 1. The van der Waals surface area contributed by atoms with Crippen molar-refractivity contribution in [3.05, 3.63) is 0 Å². The largest absolute Gasteiger partial charge is 0.299 e. The van der Waals surface area contributed by atoms with Gasteiger partial charge in [-0.25, -0.2) is 0 Å². The lowest BCUT2D eigenvalue weighted by molar-refractivity contribution is -0.117. The van der Waals surface area contributed by atoms with Gasteiger partial charge in [-0.2, -0.15) is 0 Å². The molecule has 0 aliphatic heterocycles. The molecule has 1 amide bonds. The van der Waals surface area contributed by atoms with E-state index in [1.807, 2.05) is 7.05 Å². The molecule has 1 heterocycles. The normalized spacial score (nSPS) is 16.2. The van der Waals surface area contributed by atoms with E-state index in [9.17, 15) is 4.79 Å². The number of carbonyl (C=O) groups is 1. The van der Waals surface area contributed by atoms with Gasteiger partial charge in [-0.3, -0.25) is 15.0 Å². The van der Waals surface area contributed by atoms with Crippen LogP contribution in [0.4, 0.5) is 5.13 Å². The van der Waals surface area contributed by atoms with Gasteiger partial charge in [-0.15, -0.1) is 10.2 Å². The second-order valence-corrected chi connectivity index (χ2v) is 8.24. The molecule has 0 saturated heterocycles. The van der Waals surface area contributed by atoms with Crippen LogP contribution in [-0.2, 0) is 4.79 Å². The first kappa shape index (κ1) is 15.7. The number of nitrogens with zero attached hydrogens (tertiary/aromatic N) is 3. The van der Waals surface area contributed by atoms with Gasteiger partial charge in [0, 0.05) is 11.3 Å². The zero-order valence-electron chi connectivity index (χ0n) is 12.3. The fourth-order valence-corrected chi connectivity index (χ4v) is 4.36. The predicted molar refractivity (Wildman–Crippen MR) is 84.4 cm³/mol. The van der Waals surface area contributed by atoms with Gasteiger partial charge in [0.2, 0.25) is 11.0 Å². The van der Waals surface area contributed by atoms with Gasteiger partial charge in [-0.05, 0) is 19.9 Å². The molecule has 0 aromatic carbocycles. The number of nitrogens with one attached hydrogen (secondary N) is 1. The zero-order chi connectivity index (χ0) is 14.5. The van der Waals surface area contributed by atoms with Crippen LogP contribution in [0.5, 0.6) is 0 Å². The Kier molecular flexibility index (Phi) is 5.80. The van der Waals surface area contributed by atoms with Gasteiger partial charge in [0.1, 0.15) is 0 Å². The molecule has 20 heavy (non-hydrogen) atoms. The minimum Gasteiger partial charge on any atom is -0.299 e.